The van der Waals surface area contributed by atoms with Gasteiger partial charge in [-0.05, 0) is 36.9 Å². The van der Waals surface area contributed by atoms with E-state index < -0.39 is 0 Å². The zero-order valence-electron chi connectivity index (χ0n) is 18.1. The Balaban J connectivity index is 1.54. The number of hydrogen-bond donors (Lipinski definition) is 2. The van der Waals surface area contributed by atoms with Gasteiger partial charge in [-0.3, -0.25) is 24.4 Å². The van der Waals surface area contributed by atoms with Crippen LogP contribution < -0.4 is 10.6 Å². The summed E-state index contributed by atoms with van der Waals surface area (Å²) in [6, 6.07) is 4.11. The Kier molecular flexibility index (Phi) is 6.90. The van der Waals surface area contributed by atoms with Crippen LogP contribution in [0.2, 0.25) is 0 Å². The number of aromatic nitrogens is 1. The van der Waals surface area contributed by atoms with Gasteiger partial charge >= 0.3 is 0 Å². The zero-order chi connectivity index (χ0) is 21.0. The molecule has 3 rings (SSSR count). The molecule has 2 aliphatic rings. The predicted molar refractivity (Wildman–Crippen MR) is 113 cm³/mol. The summed E-state index contributed by atoms with van der Waals surface area (Å²) in [7, 11) is 2.11. The van der Waals surface area contributed by atoms with Gasteiger partial charge in [-0.2, -0.15) is 0 Å². The Hall–Kier alpha value is -1.99. The van der Waals surface area contributed by atoms with Crippen molar-refractivity contribution in [2.24, 2.45) is 5.41 Å². The number of nitrogens with one attached hydrogen (secondary N) is 2. The summed E-state index contributed by atoms with van der Waals surface area (Å²) in [6.07, 6.45) is 5.67. The lowest BCUT2D eigenvalue weighted by Gasteiger charge is -2.34. The van der Waals surface area contributed by atoms with Crippen molar-refractivity contribution in [1.29, 1.82) is 0 Å². The smallest absolute Gasteiger partial charge is 0.239 e. The molecule has 0 radical (unpaired) electrons. The molecule has 0 aliphatic carbocycles. The van der Waals surface area contributed by atoms with Gasteiger partial charge in [0.1, 0.15) is 6.04 Å². The van der Waals surface area contributed by atoms with E-state index in [0.717, 1.165) is 31.5 Å². The largest absolute Gasteiger partial charge is 0.353 e. The second-order valence-corrected chi connectivity index (χ2v) is 9.57. The number of hydrogen-bond acceptors (Lipinski definition) is 5. The van der Waals surface area contributed by atoms with Crippen molar-refractivity contribution in [2.45, 2.75) is 64.7 Å². The molecule has 1 aromatic rings. The third-order valence-corrected chi connectivity index (χ3v) is 5.94. The maximum atomic E-state index is 12.8. The molecule has 0 bridgehead atoms. The fourth-order valence-electron chi connectivity index (χ4n) is 4.52. The Morgan fingerprint density at radius 1 is 1.38 bits per heavy atom. The van der Waals surface area contributed by atoms with Crippen molar-refractivity contribution in [3.63, 3.8) is 0 Å². The number of likely N-dealkylation sites (N-methyl/N-ethyl adjacent to an activating group) is 1. The van der Waals surface area contributed by atoms with E-state index in [1.807, 2.05) is 12.1 Å². The number of carbonyl (C=O) groups excluding carboxylic acids is 2. The second-order valence-electron chi connectivity index (χ2n) is 9.57. The first kappa shape index (κ1) is 21.7. The Bertz CT molecular complexity index is 703. The van der Waals surface area contributed by atoms with Crippen LogP contribution >= 0.6 is 0 Å². The van der Waals surface area contributed by atoms with Gasteiger partial charge in [0.25, 0.3) is 0 Å². The minimum atomic E-state index is -0.0939. The van der Waals surface area contributed by atoms with Crippen molar-refractivity contribution >= 4 is 11.8 Å². The number of amides is 2. The molecular weight excluding hydrogens is 366 g/mol. The van der Waals surface area contributed by atoms with Crippen LogP contribution in [0.3, 0.4) is 0 Å². The van der Waals surface area contributed by atoms with Crippen molar-refractivity contribution in [2.75, 3.05) is 26.7 Å². The molecule has 29 heavy (non-hydrogen) atoms. The molecule has 2 amide bonds. The van der Waals surface area contributed by atoms with Crippen molar-refractivity contribution in [3.05, 3.63) is 30.1 Å². The number of fused-ring (bicyclic) bond motifs is 1. The summed E-state index contributed by atoms with van der Waals surface area (Å²) in [6.45, 7) is 9.60. The normalized spacial score (nSPS) is 25.9. The first-order valence-corrected chi connectivity index (χ1v) is 10.6. The van der Waals surface area contributed by atoms with E-state index in [2.05, 4.69) is 53.2 Å². The lowest BCUT2D eigenvalue weighted by atomic mass is 9.95. The number of pyridine rings is 1. The van der Waals surface area contributed by atoms with E-state index in [9.17, 15) is 9.59 Å². The molecule has 0 spiro atoms. The fourth-order valence-corrected chi connectivity index (χ4v) is 4.52. The molecule has 2 saturated heterocycles. The molecule has 7 heteroatoms. The lowest BCUT2D eigenvalue weighted by molar-refractivity contribution is -0.126. The van der Waals surface area contributed by atoms with Gasteiger partial charge in [0.15, 0.2) is 0 Å². The van der Waals surface area contributed by atoms with Gasteiger partial charge < -0.3 is 10.6 Å². The molecule has 160 valence electrons. The Morgan fingerprint density at radius 2 is 2.17 bits per heavy atom. The number of rotatable bonds is 6. The molecule has 3 heterocycles. The second kappa shape index (κ2) is 9.22. The van der Waals surface area contributed by atoms with E-state index in [0.29, 0.717) is 19.5 Å². The average molecular weight is 402 g/mol. The topological polar surface area (TPSA) is 77.6 Å². The van der Waals surface area contributed by atoms with Gasteiger partial charge in [0.05, 0.1) is 0 Å². The van der Waals surface area contributed by atoms with Crippen LogP contribution in [0.15, 0.2) is 24.5 Å². The molecule has 3 atom stereocenters. The number of likely N-dealkylation sites (tertiary alicyclic amines) is 1. The highest BCUT2D eigenvalue weighted by Crippen LogP contribution is 2.30. The minimum absolute atomic E-state index is 0.0372. The minimum Gasteiger partial charge on any atom is -0.353 e. The van der Waals surface area contributed by atoms with Gasteiger partial charge in [-0.15, -0.1) is 0 Å². The summed E-state index contributed by atoms with van der Waals surface area (Å²) < 4.78 is 0. The highest BCUT2D eigenvalue weighted by Gasteiger charge is 2.45. The van der Waals surface area contributed by atoms with Crippen LogP contribution in [0.4, 0.5) is 0 Å². The molecule has 2 aliphatic heterocycles. The lowest BCUT2D eigenvalue weighted by Crippen LogP contribution is -2.51. The molecular formula is C22H35N5O2. The Morgan fingerprint density at radius 3 is 2.86 bits per heavy atom. The first-order valence-electron chi connectivity index (χ1n) is 10.6. The molecule has 2 fully saturated rings. The molecule has 0 aromatic carbocycles. The van der Waals surface area contributed by atoms with Crippen LogP contribution in [0.1, 0.15) is 45.6 Å². The molecule has 1 aromatic heterocycles. The highest BCUT2D eigenvalue weighted by atomic mass is 16.2. The van der Waals surface area contributed by atoms with E-state index in [-0.39, 0.29) is 35.4 Å². The van der Waals surface area contributed by atoms with E-state index >= 15 is 0 Å². The molecule has 7 nitrogen and oxygen atoms in total. The van der Waals surface area contributed by atoms with Crippen molar-refractivity contribution in [1.82, 2.24) is 25.4 Å². The predicted octanol–water partition coefficient (Wildman–Crippen LogP) is 1.40. The number of carbonyl (C=O) groups is 2. The van der Waals surface area contributed by atoms with E-state index in [4.69, 9.17) is 0 Å². The summed E-state index contributed by atoms with van der Waals surface area (Å²) in [5, 5.41) is 6.10. The molecule has 2 N–H and O–H groups in total. The van der Waals surface area contributed by atoms with Crippen LogP contribution in [-0.4, -0.2) is 71.4 Å². The number of nitrogens with zero attached hydrogens (tertiary/aromatic N) is 3. The molecule has 3 unspecified atom stereocenters. The third-order valence-electron chi connectivity index (χ3n) is 5.94. The monoisotopic (exact) mass is 401 g/mol. The molecule has 0 saturated carbocycles. The maximum Gasteiger partial charge on any atom is 0.239 e. The van der Waals surface area contributed by atoms with Crippen LogP contribution in [0, 0.1) is 5.41 Å². The summed E-state index contributed by atoms with van der Waals surface area (Å²) >= 11 is 0. The SMILES string of the molecule is CN1C(CCC(=O)NCc2cccnc2)CNC(=O)C2C1CCN2CC(C)(C)C. The van der Waals surface area contributed by atoms with Gasteiger partial charge in [-0.25, -0.2) is 0 Å². The van der Waals surface area contributed by atoms with Crippen LogP contribution in [0.25, 0.3) is 0 Å². The summed E-state index contributed by atoms with van der Waals surface area (Å²) in [5.74, 6) is 0.169. The van der Waals surface area contributed by atoms with Gasteiger partial charge in [0.2, 0.25) is 11.8 Å². The van der Waals surface area contributed by atoms with Crippen LogP contribution in [-0.2, 0) is 16.1 Å². The Labute approximate surface area is 174 Å². The standard InChI is InChI=1S/C22H35N5O2/c1-22(2,3)15-27-11-9-18-20(27)21(29)25-14-17(26(18)4)7-8-19(28)24-13-16-6-5-10-23-12-16/h5-6,10,12,17-18,20H,7-9,11,13-15H2,1-4H3,(H,24,28)(H,25,29). The average Bonchev–Trinajstić information content (AvgIpc) is 3.03. The highest BCUT2D eigenvalue weighted by molar-refractivity contribution is 5.83. The van der Waals surface area contributed by atoms with E-state index in [1.165, 1.54) is 0 Å². The van der Waals surface area contributed by atoms with E-state index in [1.54, 1.807) is 12.4 Å². The van der Waals surface area contributed by atoms with Crippen molar-refractivity contribution in [3.8, 4) is 0 Å². The maximum absolute atomic E-state index is 12.8. The fraction of sp³-hybridized carbons (Fsp3) is 0.682. The van der Waals surface area contributed by atoms with Gasteiger partial charge in [0, 0.05) is 57.1 Å². The van der Waals surface area contributed by atoms with Crippen LogP contribution in [0.5, 0.6) is 0 Å². The summed E-state index contributed by atoms with van der Waals surface area (Å²) in [4.78, 5) is 33.9. The quantitative estimate of drug-likeness (QED) is 0.753. The van der Waals surface area contributed by atoms with Crippen molar-refractivity contribution < 1.29 is 9.59 Å². The van der Waals surface area contributed by atoms with Gasteiger partial charge in [-0.1, -0.05) is 26.8 Å². The zero-order valence-corrected chi connectivity index (χ0v) is 18.1. The summed E-state index contributed by atoms with van der Waals surface area (Å²) in [5.41, 5.74) is 1.15. The third kappa shape index (κ3) is 5.76. The first-order chi connectivity index (χ1) is 13.7.